The van der Waals surface area contributed by atoms with Crippen LogP contribution in [-0.4, -0.2) is 48.7 Å². The van der Waals surface area contributed by atoms with Gasteiger partial charge in [-0.3, -0.25) is 9.69 Å². The number of hydrogen-bond donors (Lipinski definition) is 2. The highest BCUT2D eigenvalue weighted by Gasteiger charge is 2.22. The Labute approximate surface area is 151 Å². The van der Waals surface area contributed by atoms with Crippen LogP contribution in [0, 0.1) is 5.92 Å². The van der Waals surface area contributed by atoms with E-state index in [1.807, 2.05) is 24.3 Å². The van der Waals surface area contributed by atoms with Gasteiger partial charge in [0.1, 0.15) is 0 Å². The van der Waals surface area contributed by atoms with Crippen molar-refractivity contribution in [3.63, 3.8) is 0 Å². The molecule has 0 spiro atoms. The molecule has 3 N–H and O–H groups in total. The van der Waals surface area contributed by atoms with E-state index in [4.69, 9.17) is 10.5 Å². The molecule has 1 heterocycles. The highest BCUT2D eigenvalue weighted by atomic mass is 16.5. The first-order valence-electron chi connectivity index (χ1n) is 9.35. The predicted octanol–water partition coefficient (Wildman–Crippen LogP) is 2.40. The summed E-state index contributed by atoms with van der Waals surface area (Å²) in [7, 11) is 0. The minimum absolute atomic E-state index is 0.0310. The monoisotopic (exact) mass is 347 g/mol. The lowest BCUT2D eigenvalue weighted by Gasteiger charge is -2.35. The molecule has 5 heteroatoms. The van der Waals surface area contributed by atoms with Crippen molar-refractivity contribution in [1.82, 2.24) is 10.2 Å². The molecule has 1 fully saturated rings. The summed E-state index contributed by atoms with van der Waals surface area (Å²) in [5.41, 5.74) is 7.68. The van der Waals surface area contributed by atoms with Crippen LogP contribution in [0.1, 0.15) is 50.0 Å². The average molecular weight is 348 g/mol. The van der Waals surface area contributed by atoms with Crippen LogP contribution in [0.5, 0.6) is 0 Å². The van der Waals surface area contributed by atoms with E-state index in [2.05, 4.69) is 37.9 Å². The molecular weight excluding hydrogens is 314 g/mol. The molecular formula is C20H33N3O2. The Hall–Kier alpha value is -1.43. The summed E-state index contributed by atoms with van der Waals surface area (Å²) in [5, 5.41) is 3.04. The number of nitrogens with two attached hydrogens (primary N) is 1. The number of carbonyl (C=O) groups excluding carboxylic acids is 1. The third-order valence-corrected chi connectivity index (χ3v) is 4.49. The zero-order valence-corrected chi connectivity index (χ0v) is 16.0. The number of morpholine rings is 1. The van der Waals surface area contributed by atoms with E-state index in [1.165, 1.54) is 5.56 Å². The summed E-state index contributed by atoms with van der Waals surface area (Å²) in [6.45, 7) is 11.7. The molecule has 1 aliphatic heterocycles. The molecule has 2 rings (SSSR count). The summed E-state index contributed by atoms with van der Waals surface area (Å²) >= 11 is 0. The van der Waals surface area contributed by atoms with Gasteiger partial charge >= 0.3 is 0 Å². The fraction of sp³-hybridized carbons (Fsp3) is 0.650. The second-order valence-corrected chi connectivity index (χ2v) is 7.68. The molecule has 1 aromatic rings. The topological polar surface area (TPSA) is 67.6 Å². The molecule has 140 valence electrons. The van der Waals surface area contributed by atoms with Crippen molar-refractivity contribution in [2.24, 2.45) is 11.7 Å². The molecule has 0 aliphatic carbocycles. The van der Waals surface area contributed by atoms with Gasteiger partial charge in [-0.15, -0.1) is 0 Å². The van der Waals surface area contributed by atoms with E-state index in [1.54, 1.807) is 0 Å². The van der Waals surface area contributed by atoms with Crippen LogP contribution in [-0.2, 0) is 11.3 Å². The smallest absolute Gasteiger partial charge is 0.251 e. The largest absolute Gasteiger partial charge is 0.373 e. The Kier molecular flexibility index (Phi) is 7.41. The number of hydrogen-bond acceptors (Lipinski definition) is 4. The number of benzene rings is 1. The molecule has 0 aromatic heterocycles. The fourth-order valence-electron chi connectivity index (χ4n) is 3.49. The van der Waals surface area contributed by atoms with Crippen molar-refractivity contribution < 1.29 is 9.53 Å². The Morgan fingerprint density at radius 3 is 2.36 bits per heavy atom. The maximum absolute atomic E-state index is 12.4. The van der Waals surface area contributed by atoms with Crippen LogP contribution >= 0.6 is 0 Å². The van der Waals surface area contributed by atoms with Crippen LogP contribution in [0.15, 0.2) is 24.3 Å². The van der Waals surface area contributed by atoms with Gasteiger partial charge < -0.3 is 15.8 Å². The maximum atomic E-state index is 12.4. The van der Waals surface area contributed by atoms with Crippen LogP contribution in [0.25, 0.3) is 0 Å². The summed E-state index contributed by atoms with van der Waals surface area (Å²) in [4.78, 5) is 14.8. The van der Waals surface area contributed by atoms with Crippen molar-refractivity contribution >= 4 is 5.91 Å². The first kappa shape index (κ1) is 19.9. The van der Waals surface area contributed by atoms with E-state index < -0.39 is 0 Å². The van der Waals surface area contributed by atoms with Crippen molar-refractivity contribution in [3.8, 4) is 0 Å². The molecule has 1 amide bonds. The zero-order chi connectivity index (χ0) is 18.4. The van der Waals surface area contributed by atoms with Crippen molar-refractivity contribution in [2.45, 2.75) is 58.9 Å². The van der Waals surface area contributed by atoms with Gasteiger partial charge in [-0.05, 0) is 43.9 Å². The highest BCUT2D eigenvalue weighted by Crippen LogP contribution is 2.15. The Morgan fingerprint density at radius 2 is 1.84 bits per heavy atom. The third kappa shape index (κ3) is 6.42. The first-order valence-corrected chi connectivity index (χ1v) is 9.35. The van der Waals surface area contributed by atoms with Gasteiger partial charge in [0.2, 0.25) is 0 Å². The van der Waals surface area contributed by atoms with Crippen LogP contribution in [0.3, 0.4) is 0 Å². The lowest BCUT2D eigenvalue weighted by molar-refractivity contribution is -0.0704. The molecule has 0 bridgehead atoms. The van der Waals surface area contributed by atoms with Gasteiger partial charge in [0.15, 0.2) is 0 Å². The number of rotatable bonds is 7. The average Bonchev–Trinajstić information content (AvgIpc) is 2.53. The third-order valence-electron chi connectivity index (χ3n) is 4.49. The second kappa shape index (κ2) is 9.32. The summed E-state index contributed by atoms with van der Waals surface area (Å²) in [6, 6.07) is 7.92. The van der Waals surface area contributed by atoms with E-state index in [0.717, 1.165) is 26.1 Å². The minimum atomic E-state index is -0.0451. The fourth-order valence-corrected chi connectivity index (χ4v) is 3.49. The van der Waals surface area contributed by atoms with Gasteiger partial charge in [0, 0.05) is 37.8 Å². The molecule has 25 heavy (non-hydrogen) atoms. The lowest BCUT2D eigenvalue weighted by Crippen LogP contribution is -2.44. The predicted molar refractivity (Wildman–Crippen MR) is 101 cm³/mol. The maximum Gasteiger partial charge on any atom is 0.251 e. The van der Waals surface area contributed by atoms with E-state index in [-0.39, 0.29) is 24.2 Å². The van der Waals surface area contributed by atoms with Crippen LogP contribution in [0.2, 0.25) is 0 Å². The SMILES string of the molecule is CC(C)CC(CN)NC(=O)c1ccc(CN2CC(C)OC(C)C2)cc1. The molecule has 1 aromatic carbocycles. The van der Waals surface area contributed by atoms with Gasteiger partial charge in [-0.2, -0.15) is 0 Å². The summed E-state index contributed by atoms with van der Waals surface area (Å²) in [5.74, 6) is 0.464. The molecule has 1 saturated heterocycles. The van der Waals surface area contributed by atoms with Gasteiger partial charge in [-0.1, -0.05) is 26.0 Å². The van der Waals surface area contributed by atoms with E-state index >= 15 is 0 Å². The number of nitrogens with zero attached hydrogens (tertiary/aromatic N) is 1. The zero-order valence-electron chi connectivity index (χ0n) is 16.0. The van der Waals surface area contributed by atoms with Crippen molar-refractivity contribution in [1.29, 1.82) is 0 Å². The first-order chi connectivity index (χ1) is 11.9. The molecule has 3 atom stereocenters. The molecule has 3 unspecified atom stereocenters. The molecule has 0 saturated carbocycles. The van der Waals surface area contributed by atoms with Gasteiger partial charge in [0.25, 0.3) is 5.91 Å². The Morgan fingerprint density at radius 1 is 1.24 bits per heavy atom. The lowest BCUT2D eigenvalue weighted by atomic mass is 10.0. The number of carbonyl (C=O) groups is 1. The van der Waals surface area contributed by atoms with Crippen molar-refractivity contribution in [2.75, 3.05) is 19.6 Å². The van der Waals surface area contributed by atoms with E-state index in [9.17, 15) is 4.79 Å². The van der Waals surface area contributed by atoms with Crippen molar-refractivity contribution in [3.05, 3.63) is 35.4 Å². The number of amides is 1. The second-order valence-electron chi connectivity index (χ2n) is 7.68. The highest BCUT2D eigenvalue weighted by molar-refractivity contribution is 5.94. The quantitative estimate of drug-likeness (QED) is 0.795. The molecule has 1 aliphatic rings. The summed E-state index contributed by atoms with van der Waals surface area (Å²) in [6.07, 6.45) is 1.43. The Bertz CT molecular complexity index is 534. The molecule has 0 radical (unpaired) electrons. The Balaban J connectivity index is 1.91. The number of nitrogens with one attached hydrogen (secondary N) is 1. The van der Waals surface area contributed by atoms with Gasteiger partial charge in [-0.25, -0.2) is 0 Å². The van der Waals surface area contributed by atoms with Crippen LogP contribution < -0.4 is 11.1 Å². The minimum Gasteiger partial charge on any atom is -0.373 e. The molecule has 5 nitrogen and oxygen atoms in total. The van der Waals surface area contributed by atoms with Crippen LogP contribution in [0.4, 0.5) is 0 Å². The summed E-state index contributed by atoms with van der Waals surface area (Å²) < 4.78 is 5.77. The normalized spacial score (nSPS) is 22.8. The number of ether oxygens (including phenoxy) is 1. The van der Waals surface area contributed by atoms with Gasteiger partial charge in [0.05, 0.1) is 12.2 Å². The standard InChI is InChI=1S/C20H33N3O2/c1-14(2)9-19(10-21)22-20(24)18-7-5-17(6-8-18)13-23-11-15(3)25-16(4)12-23/h5-8,14-16,19H,9-13,21H2,1-4H3,(H,22,24). The van der Waals surface area contributed by atoms with E-state index in [0.29, 0.717) is 18.0 Å².